The van der Waals surface area contributed by atoms with Crippen molar-refractivity contribution in [2.45, 2.75) is 33.1 Å². The summed E-state index contributed by atoms with van der Waals surface area (Å²) >= 11 is 1.43. The molecule has 0 bridgehead atoms. The van der Waals surface area contributed by atoms with E-state index < -0.39 is 0 Å². The molecular weight excluding hydrogens is 270 g/mol. The quantitative estimate of drug-likeness (QED) is 0.861. The molecule has 1 aromatic heterocycles. The van der Waals surface area contributed by atoms with Crippen molar-refractivity contribution in [3.05, 3.63) is 40.9 Å². The van der Waals surface area contributed by atoms with Crippen molar-refractivity contribution in [2.75, 3.05) is 10.6 Å². The number of rotatable bonds is 2. The number of thiazole rings is 1. The van der Waals surface area contributed by atoms with Gasteiger partial charge in [0.05, 0.1) is 5.69 Å². The van der Waals surface area contributed by atoms with E-state index in [0.717, 1.165) is 16.9 Å². The van der Waals surface area contributed by atoms with Crippen LogP contribution in [0.25, 0.3) is 0 Å². The zero-order valence-electron chi connectivity index (χ0n) is 12.2. The number of hydrogen-bond donors (Lipinski definition) is 2. The second-order valence-electron chi connectivity index (χ2n) is 5.73. The Hall–Kier alpha value is -1.88. The third-order valence-electron chi connectivity index (χ3n) is 2.80. The van der Waals surface area contributed by atoms with Crippen LogP contribution in [-0.4, -0.2) is 11.0 Å². The number of benzene rings is 1. The number of aromatic nitrogens is 1. The lowest BCUT2D eigenvalue weighted by atomic mass is 9.93. The minimum Gasteiger partial charge on any atom is -0.308 e. The first kappa shape index (κ1) is 14.5. The summed E-state index contributed by atoms with van der Waals surface area (Å²) in [5, 5.41) is 8.12. The summed E-state index contributed by atoms with van der Waals surface area (Å²) in [5.41, 5.74) is 2.89. The van der Waals surface area contributed by atoms with E-state index in [2.05, 4.69) is 36.4 Å². The molecule has 1 aromatic carbocycles. The van der Waals surface area contributed by atoms with Crippen LogP contribution >= 0.6 is 11.3 Å². The van der Waals surface area contributed by atoms with E-state index in [1.165, 1.54) is 11.3 Å². The number of nitrogens with zero attached hydrogens (tertiary/aromatic N) is 1. The number of carbonyl (C=O) groups excluding carboxylic acids is 1. The lowest BCUT2D eigenvalue weighted by molar-refractivity contribution is 0.262. The Morgan fingerprint density at radius 3 is 2.35 bits per heavy atom. The summed E-state index contributed by atoms with van der Waals surface area (Å²) in [5.74, 6) is 0. The minimum atomic E-state index is -0.274. The minimum absolute atomic E-state index is 0.0101. The summed E-state index contributed by atoms with van der Waals surface area (Å²) in [6.07, 6.45) is 0. The van der Waals surface area contributed by atoms with Crippen molar-refractivity contribution in [3.63, 3.8) is 0 Å². The van der Waals surface area contributed by atoms with Gasteiger partial charge in [0, 0.05) is 16.5 Å². The maximum Gasteiger partial charge on any atom is 0.325 e. The SMILES string of the molecule is Cc1ccc(NC(=O)Nc2nc(C(C)(C)C)cs2)cc1. The van der Waals surface area contributed by atoms with Crippen LogP contribution in [0.4, 0.5) is 15.6 Å². The van der Waals surface area contributed by atoms with Gasteiger partial charge >= 0.3 is 6.03 Å². The molecule has 0 spiro atoms. The van der Waals surface area contributed by atoms with E-state index in [9.17, 15) is 4.79 Å². The molecule has 1 heterocycles. The molecule has 0 fully saturated rings. The number of urea groups is 1. The largest absolute Gasteiger partial charge is 0.325 e. The molecule has 0 unspecified atom stereocenters. The van der Waals surface area contributed by atoms with Gasteiger partial charge in [-0.15, -0.1) is 11.3 Å². The Morgan fingerprint density at radius 1 is 1.15 bits per heavy atom. The molecule has 106 valence electrons. The molecule has 0 saturated carbocycles. The van der Waals surface area contributed by atoms with Gasteiger partial charge in [-0.05, 0) is 19.1 Å². The van der Waals surface area contributed by atoms with Gasteiger partial charge in [0.15, 0.2) is 5.13 Å². The zero-order valence-corrected chi connectivity index (χ0v) is 13.0. The Bertz CT molecular complexity index is 596. The van der Waals surface area contributed by atoms with Gasteiger partial charge < -0.3 is 5.32 Å². The van der Waals surface area contributed by atoms with E-state index in [1.54, 1.807) is 0 Å². The summed E-state index contributed by atoms with van der Waals surface area (Å²) in [4.78, 5) is 16.3. The average molecular weight is 289 g/mol. The monoisotopic (exact) mass is 289 g/mol. The summed E-state index contributed by atoms with van der Waals surface area (Å²) in [6.45, 7) is 8.29. The highest BCUT2D eigenvalue weighted by Gasteiger charge is 2.18. The van der Waals surface area contributed by atoms with E-state index in [0.29, 0.717) is 5.13 Å². The van der Waals surface area contributed by atoms with Crippen LogP contribution in [0.1, 0.15) is 32.0 Å². The van der Waals surface area contributed by atoms with Gasteiger partial charge in [0.2, 0.25) is 0 Å². The molecule has 0 aliphatic heterocycles. The lowest BCUT2D eigenvalue weighted by Crippen LogP contribution is -2.19. The van der Waals surface area contributed by atoms with Crippen molar-refractivity contribution in [3.8, 4) is 0 Å². The number of nitrogens with one attached hydrogen (secondary N) is 2. The Kier molecular flexibility index (Phi) is 4.09. The Balaban J connectivity index is 1.98. The van der Waals surface area contributed by atoms with Crippen LogP contribution in [0, 0.1) is 6.92 Å². The van der Waals surface area contributed by atoms with E-state index in [4.69, 9.17) is 0 Å². The predicted molar refractivity (Wildman–Crippen MR) is 84.6 cm³/mol. The van der Waals surface area contributed by atoms with Crippen molar-refractivity contribution >= 4 is 28.2 Å². The summed E-state index contributed by atoms with van der Waals surface area (Å²) in [7, 11) is 0. The fraction of sp³-hybridized carbons (Fsp3) is 0.333. The van der Waals surface area contributed by atoms with Crippen LogP contribution < -0.4 is 10.6 Å². The normalized spacial score (nSPS) is 11.2. The lowest BCUT2D eigenvalue weighted by Gasteiger charge is -2.14. The zero-order chi connectivity index (χ0) is 14.8. The van der Waals surface area contributed by atoms with Gasteiger partial charge in [-0.2, -0.15) is 0 Å². The average Bonchev–Trinajstić information content (AvgIpc) is 2.80. The summed E-state index contributed by atoms with van der Waals surface area (Å²) < 4.78 is 0. The molecule has 0 aliphatic carbocycles. The van der Waals surface area contributed by atoms with Gasteiger partial charge in [-0.25, -0.2) is 9.78 Å². The van der Waals surface area contributed by atoms with Crippen LogP contribution in [0.5, 0.6) is 0 Å². The molecule has 0 saturated heterocycles. The number of aryl methyl sites for hydroxylation is 1. The third-order valence-corrected chi connectivity index (χ3v) is 3.56. The molecule has 20 heavy (non-hydrogen) atoms. The second-order valence-corrected chi connectivity index (χ2v) is 6.59. The molecular formula is C15H19N3OS. The fourth-order valence-corrected chi connectivity index (χ4v) is 2.50. The molecule has 0 aliphatic rings. The number of carbonyl (C=O) groups is 1. The maximum atomic E-state index is 11.9. The van der Waals surface area contributed by atoms with Crippen molar-refractivity contribution < 1.29 is 4.79 Å². The first-order valence-corrected chi connectivity index (χ1v) is 7.33. The molecule has 2 N–H and O–H groups in total. The number of amides is 2. The standard InChI is InChI=1S/C15H19N3OS/c1-10-5-7-11(8-6-10)16-13(19)18-14-17-12(9-20-14)15(2,3)4/h5-9H,1-4H3,(H2,16,17,18,19). The maximum absolute atomic E-state index is 11.9. The summed E-state index contributed by atoms with van der Waals surface area (Å²) in [6, 6.07) is 7.38. The molecule has 0 atom stereocenters. The van der Waals surface area contributed by atoms with Crippen LogP contribution in [0.3, 0.4) is 0 Å². The smallest absolute Gasteiger partial charge is 0.308 e. The number of hydrogen-bond acceptors (Lipinski definition) is 3. The van der Waals surface area contributed by atoms with Crippen LogP contribution in [0.2, 0.25) is 0 Å². The van der Waals surface area contributed by atoms with Crippen molar-refractivity contribution in [2.24, 2.45) is 0 Å². The third kappa shape index (κ3) is 3.81. The second kappa shape index (κ2) is 5.63. The van der Waals surface area contributed by atoms with Gasteiger partial charge in [-0.1, -0.05) is 38.5 Å². The van der Waals surface area contributed by atoms with Gasteiger partial charge in [0.1, 0.15) is 0 Å². The fourth-order valence-electron chi connectivity index (χ4n) is 1.57. The van der Waals surface area contributed by atoms with Gasteiger partial charge in [0.25, 0.3) is 0 Å². The molecule has 5 heteroatoms. The van der Waals surface area contributed by atoms with Crippen molar-refractivity contribution in [1.29, 1.82) is 0 Å². The van der Waals surface area contributed by atoms with E-state index >= 15 is 0 Å². The number of anilines is 2. The molecule has 4 nitrogen and oxygen atoms in total. The van der Waals surface area contributed by atoms with Crippen molar-refractivity contribution in [1.82, 2.24) is 4.98 Å². The van der Waals surface area contributed by atoms with Gasteiger partial charge in [-0.3, -0.25) is 5.32 Å². The Morgan fingerprint density at radius 2 is 1.80 bits per heavy atom. The van der Waals surface area contributed by atoms with E-state index in [1.807, 2.05) is 36.6 Å². The molecule has 2 amide bonds. The Labute approximate surface area is 123 Å². The molecule has 2 aromatic rings. The predicted octanol–water partition coefficient (Wildman–Crippen LogP) is 4.39. The van der Waals surface area contributed by atoms with Crippen LogP contribution in [-0.2, 0) is 5.41 Å². The highest BCUT2D eigenvalue weighted by molar-refractivity contribution is 7.14. The molecule has 0 radical (unpaired) electrons. The van der Waals surface area contributed by atoms with E-state index in [-0.39, 0.29) is 11.4 Å². The topological polar surface area (TPSA) is 54.0 Å². The first-order chi connectivity index (χ1) is 9.34. The highest BCUT2D eigenvalue weighted by atomic mass is 32.1. The first-order valence-electron chi connectivity index (χ1n) is 6.45. The highest BCUT2D eigenvalue weighted by Crippen LogP contribution is 2.26. The molecule has 2 rings (SSSR count). The van der Waals surface area contributed by atoms with Crippen LogP contribution in [0.15, 0.2) is 29.6 Å².